The standard InChI is InChI=1S/C60H111N2O6P/c1-6-8-10-12-14-16-18-20-22-23-24-25-26-27-28-29-30-31-32-33-34-35-36-37-38-40-41-43-45-47-49-51-53-59(63)58(57-68-69(65,66)67-56-55-62(3,4)5)61-60(64)54-52-50-48-46-44-42-39-21-19-17-15-13-11-9-7-2/h9,11,15,17,21,39,44,46,50-53,58-59,63H,6-8,10,12-14,16,18-20,22-38,40-43,45,47-49,54-57H2,1-5H3,(H-,61,64,65,66)/p+1/b11-9-,17-15-,39-21-,46-44-,52-50-,53-51+. The van der Waals surface area contributed by atoms with Crippen molar-refractivity contribution in [3.63, 3.8) is 0 Å². The van der Waals surface area contributed by atoms with Crippen molar-refractivity contribution >= 4 is 13.7 Å². The first-order chi connectivity index (χ1) is 33.5. The number of carbonyl (C=O) groups excluding carboxylic acids is 1. The van der Waals surface area contributed by atoms with Gasteiger partial charge in [-0.05, 0) is 44.9 Å². The third kappa shape index (κ3) is 53.6. The number of likely N-dealkylation sites (N-methyl/N-ethyl adjacent to an activating group) is 1. The van der Waals surface area contributed by atoms with Crippen LogP contribution in [-0.4, -0.2) is 73.4 Å². The molecule has 3 N–H and O–H groups in total. The van der Waals surface area contributed by atoms with Crippen LogP contribution in [0.25, 0.3) is 0 Å². The molecule has 3 atom stereocenters. The van der Waals surface area contributed by atoms with Crippen molar-refractivity contribution < 1.29 is 32.9 Å². The van der Waals surface area contributed by atoms with E-state index < -0.39 is 20.0 Å². The van der Waals surface area contributed by atoms with Crippen LogP contribution in [0.15, 0.2) is 72.9 Å². The predicted molar refractivity (Wildman–Crippen MR) is 300 cm³/mol. The number of amides is 1. The second kappa shape index (κ2) is 50.9. The molecule has 69 heavy (non-hydrogen) atoms. The zero-order valence-electron chi connectivity index (χ0n) is 45.8. The summed E-state index contributed by atoms with van der Waals surface area (Å²) in [5.74, 6) is -0.304. The minimum atomic E-state index is -4.37. The van der Waals surface area contributed by atoms with E-state index in [0.29, 0.717) is 17.4 Å². The molecule has 0 bridgehead atoms. The lowest BCUT2D eigenvalue weighted by Crippen LogP contribution is -2.45. The van der Waals surface area contributed by atoms with Crippen molar-refractivity contribution in [1.82, 2.24) is 5.32 Å². The zero-order valence-corrected chi connectivity index (χ0v) is 46.7. The first-order valence-corrected chi connectivity index (χ1v) is 30.3. The van der Waals surface area contributed by atoms with Gasteiger partial charge in [0.25, 0.3) is 0 Å². The Hall–Kier alpha value is -2.06. The summed E-state index contributed by atoms with van der Waals surface area (Å²) in [6.45, 7) is 4.64. The Balaban J connectivity index is 4.15. The van der Waals surface area contributed by atoms with E-state index in [-0.39, 0.29) is 25.5 Å². The fourth-order valence-electron chi connectivity index (χ4n) is 8.23. The Bertz CT molecular complexity index is 1350. The molecule has 0 aliphatic rings. The number of hydrogen-bond acceptors (Lipinski definition) is 5. The van der Waals surface area contributed by atoms with Crippen LogP contribution >= 0.6 is 7.82 Å². The van der Waals surface area contributed by atoms with E-state index in [1.54, 1.807) is 12.2 Å². The van der Waals surface area contributed by atoms with Gasteiger partial charge in [0.2, 0.25) is 5.91 Å². The Morgan fingerprint density at radius 2 is 0.855 bits per heavy atom. The average Bonchev–Trinajstić information content (AvgIpc) is 3.31. The topological polar surface area (TPSA) is 105 Å². The maximum Gasteiger partial charge on any atom is 0.472 e. The smallest absolute Gasteiger partial charge is 0.387 e. The van der Waals surface area contributed by atoms with Gasteiger partial charge >= 0.3 is 7.82 Å². The third-order valence-electron chi connectivity index (χ3n) is 12.7. The van der Waals surface area contributed by atoms with Crippen molar-refractivity contribution in [1.29, 1.82) is 0 Å². The highest BCUT2D eigenvalue weighted by Gasteiger charge is 2.27. The molecule has 0 aromatic heterocycles. The summed E-state index contributed by atoms with van der Waals surface area (Å²) < 4.78 is 23.6. The van der Waals surface area contributed by atoms with E-state index >= 15 is 0 Å². The van der Waals surface area contributed by atoms with E-state index in [1.165, 1.54) is 180 Å². The highest BCUT2D eigenvalue weighted by atomic mass is 31.2. The first kappa shape index (κ1) is 66.9. The van der Waals surface area contributed by atoms with Crippen LogP contribution in [0.1, 0.15) is 251 Å². The highest BCUT2D eigenvalue weighted by Crippen LogP contribution is 2.43. The molecule has 0 spiro atoms. The van der Waals surface area contributed by atoms with Crippen molar-refractivity contribution in [2.24, 2.45) is 0 Å². The molecule has 9 heteroatoms. The number of phosphoric acid groups is 1. The number of hydrogen-bond donors (Lipinski definition) is 3. The van der Waals surface area contributed by atoms with Gasteiger partial charge in [0.05, 0.1) is 39.9 Å². The molecule has 0 radical (unpaired) electrons. The second-order valence-corrected chi connectivity index (χ2v) is 22.1. The van der Waals surface area contributed by atoms with Crippen molar-refractivity contribution in [3.8, 4) is 0 Å². The zero-order chi connectivity index (χ0) is 50.6. The third-order valence-corrected chi connectivity index (χ3v) is 13.7. The maximum absolute atomic E-state index is 12.9. The summed E-state index contributed by atoms with van der Waals surface area (Å²) in [6.07, 6.45) is 70.6. The van der Waals surface area contributed by atoms with E-state index in [1.807, 2.05) is 33.3 Å². The lowest BCUT2D eigenvalue weighted by atomic mass is 10.0. The maximum atomic E-state index is 12.9. The van der Waals surface area contributed by atoms with Crippen LogP contribution in [0.4, 0.5) is 0 Å². The van der Waals surface area contributed by atoms with E-state index in [0.717, 1.165) is 44.9 Å². The molecule has 0 saturated heterocycles. The first-order valence-electron chi connectivity index (χ1n) is 28.8. The summed E-state index contributed by atoms with van der Waals surface area (Å²) in [6, 6.07) is -0.905. The SMILES string of the molecule is CC/C=C\C/C=C\C/C=C\C/C=C\C/C=C\CC(=O)NC(COP(=O)(O)OCC[N+](C)(C)C)C(O)/C=C/CCCCCCCCCCCCCCCCCCCCCCCCCCCCCCCC. The molecule has 402 valence electrons. The van der Waals surface area contributed by atoms with Crippen LogP contribution < -0.4 is 5.32 Å². The van der Waals surface area contributed by atoms with Gasteiger partial charge in [0.1, 0.15) is 13.2 Å². The van der Waals surface area contributed by atoms with Crippen LogP contribution in [0.5, 0.6) is 0 Å². The van der Waals surface area contributed by atoms with E-state index in [9.17, 15) is 19.4 Å². The van der Waals surface area contributed by atoms with Crippen LogP contribution in [-0.2, 0) is 18.4 Å². The summed E-state index contributed by atoms with van der Waals surface area (Å²) in [7, 11) is 1.51. The number of quaternary nitrogens is 1. The molecule has 0 aliphatic heterocycles. The molecule has 0 aromatic rings. The number of nitrogens with one attached hydrogen (secondary N) is 1. The number of aliphatic hydroxyl groups excluding tert-OH is 1. The second-order valence-electron chi connectivity index (χ2n) is 20.7. The number of nitrogens with zero attached hydrogens (tertiary/aromatic N) is 1. The summed E-state index contributed by atoms with van der Waals surface area (Å²) in [5.41, 5.74) is 0. The van der Waals surface area contributed by atoms with Gasteiger partial charge in [-0.15, -0.1) is 0 Å². The molecule has 0 saturated carbocycles. The minimum Gasteiger partial charge on any atom is -0.387 e. The van der Waals surface area contributed by atoms with Gasteiger partial charge in [-0.1, -0.05) is 273 Å². The molecule has 3 unspecified atom stereocenters. The number of phosphoric ester groups is 1. The Labute approximate surface area is 427 Å². The van der Waals surface area contributed by atoms with Crippen molar-refractivity contribution in [3.05, 3.63) is 72.9 Å². The Morgan fingerprint density at radius 3 is 1.22 bits per heavy atom. The van der Waals surface area contributed by atoms with Crippen molar-refractivity contribution in [2.45, 2.75) is 264 Å². The Morgan fingerprint density at radius 1 is 0.507 bits per heavy atom. The van der Waals surface area contributed by atoms with Gasteiger partial charge in [-0.25, -0.2) is 4.57 Å². The number of unbranched alkanes of at least 4 members (excludes halogenated alkanes) is 30. The molecule has 8 nitrogen and oxygen atoms in total. The molecule has 0 rings (SSSR count). The molecule has 0 aliphatic carbocycles. The van der Waals surface area contributed by atoms with Crippen LogP contribution in [0.3, 0.4) is 0 Å². The average molecular weight is 989 g/mol. The van der Waals surface area contributed by atoms with E-state index in [2.05, 4.69) is 67.8 Å². The van der Waals surface area contributed by atoms with Gasteiger partial charge in [-0.3, -0.25) is 13.8 Å². The highest BCUT2D eigenvalue weighted by molar-refractivity contribution is 7.47. The normalized spacial score (nSPS) is 14.5. The lowest BCUT2D eigenvalue weighted by Gasteiger charge is -2.25. The van der Waals surface area contributed by atoms with Crippen LogP contribution in [0.2, 0.25) is 0 Å². The lowest BCUT2D eigenvalue weighted by molar-refractivity contribution is -0.870. The summed E-state index contributed by atoms with van der Waals surface area (Å²) in [5, 5.41) is 13.8. The molecule has 0 aromatic carbocycles. The van der Waals surface area contributed by atoms with Gasteiger partial charge in [0.15, 0.2) is 0 Å². The molecular formula is C60H112N2O6P+. The van der Waals surface area contributed by atoms with Crippen molar-refractivity contribution in [2.75, 3.05) is 40.9 Å². The summed E-state index contributed by atoms with van der Waals surface area (Å²) in [4.78, 5) is 23.2. The number of allylic oxidation sites excluding steroid dienone is 10. The fraction of sp³-hybridized carbons (Fsp3) is 0.783. The van der Waals surface area contributed by atoms with Gasteiger partial charge in [-0.2, -0.15) is 0 Å². The van der Waals surface area contributed by atoms with E-state index in [4.69, 9.17) is 9.05 Å². The quantitative estimate of drug-likeness (QED) is 0.0243. The molecular weight excluding hydrogens is 876 g/mol. The minimum absolute atomic E-state index is 0.0422. The molecule has 1 amide bonds. The Kier molecular flexibility index (Phi) is 49.3. The number of aliphatic hydroxyl groups is 1. The van der Waals surface area contributed by atoms with Gasteiger partial charge in [0, 0.05) is 6.42 Å². The molecule has 0 heterocycles. The molecule has 0 fully saturated rings. The number of carbonyl (C=O) groups is 1. The largest absolute Gasteiger partial charge is 0.472 e. The predicted octanol–water partition coefficient (Wildman–Crippen LogP) is 17.5. The van der Waals surface area contributed by atoms with Gasteiger partial charge < -0.3 is 19.8 Å². The number of rotatable bonds is 52. The van der Waals surface area contributed by atoms with Crippen LogP contribution in [0, 0.1) is 0 Å². The fourth-order valence-corrected chi connectivity index (χ4v) is 8.97. The monoisotopic (exact) mass is 988 g/mol. The summed E-state index contributed by atoms with van der Waals surface area (Å²) >= 11 is 0.